The normalized spacial score (nSPS) is 32.4. The standard InChI is InChI=1S/C21H27NO8S2/c1-11-4-17-12(2)6-18(20-13(3)10-22-19(5-11)21(17)20)14-7-15(29-31(23,24)25)9-16(8-14)30-32(26,27)28/h6-9,11,13,17-18,20-21H,4-5,10H2,1-3H3,(H,23,24,25)(H,26,27,28)/t11-,13+,17-,18-,20+,21-/m1/s1. The van der Waals surface area contributed by atoms with Crippen molar-refractivity contribution in [1.29, 1.82) is 0 Å². The molecule has 0 bridgehead atoms. The Morgan fingerprint density at radius 3 is 2.16 bits per heavy atom. The Kier molecular flexibility index (Phi) is 5.89. The van der Waals surface area contributed by atoms with Gasteiger partial charge in [0.1, 0.15) is 11.5 Å². The lowest BCUT2D eigenvalue weighted by Gasteiger charge is -2.51. The van der Waals surface area contributed by atoms with Crippen LogP contribution in [0.3, 0.4) is 0 Å². The van der Waals surface area contributed by atoms with E-state index in [0.717, 1.165) is 18.9 Å². The van der Waals surface area contributed by atoms with Gasteiger partial charge in [0.05, 0.1) is 0 Å². The second-order valence-electron chi connectivity index (χ2n) is 9.26. The van der Waals surface area contributed by atoms with E-state index in [1.807, 2.05) is 0 Å². The number of hydrogen-bond acceptors (Lipinski definition) is 7. The van der Waals surface area contributed by atoms with E-state index in [9.17, 15) is 16.8 Å². The third-order valence-electron chi connectivity index (χ3n) is 6.82. The van der Waals surface area contributed by atoms with Gasteiger partial charge in [-0.25, -0.2) is 0 Å². The Labute approximate surface area is 188 Å². The lowest BCUT2D eigenvalue weighted by molar-refractivity contribution is 0.163. The van der Waals surface area contributed by atoms with E-state index < -0.39 is 20.8 Å². The highest BCUT2D eigenvalue weighted by atomic mass is 32.3. The number of rotatable bonds is 5. The molecule has 0 unspecified atom stereocenters. The minimum Gasteiger partial charge on any atom is -0.362 e. The van der Waals surface area contributed by atoms with Gasteiger partial charge in [0.25, 0.3) is 0 Å². The molecule has 1 aromatic rings. The van der Waals surface area contributed by atoms with Crippen LogP contribution < -0.4 is 8.37 Å². The Morgan fingerprint density at radius 2 is 1.59 bits per heavy atom. The lowest BCUT2D eigenvalue weighted by atomic mass is 9.55. The van der Waals surface area contributed by atoms with Crippen molar-refractivity contribution < 1.29 is 34.3 Å². The molecular formula is C21H27NO8S2. The predicted octanol–water partition coefficient (Wildman–Crippen LogP) is 3.46. The summed E-state index contributed by atoms with van der Waals surface area (Å²) in [7, 11) is -9.70. The molecule has 0 aromatic heterocycles. The van der Waals surface area contributed by atoms with E-state index in [1.165, 1.54) is 23.4 Å². The Balaban J connectivity index is 1.83. The second-order valence-corrected chi connectivity index (χ2v) is 11.3. The van der Waals surface area contributed by atoms with Crippen LogP contribution >= 0.6 is 0 Å². The molecule has 3 aliphatic rings. The molecule has 0 spiro atoms. The summed E-state index contributed by atoms with van der Waals surface area (Å²) in [5, 5.41) is 0. The van der Waals surface area contributed by atoms with Gasteiger partial charge in [-0.15, -0.1) is 0 Å². The molecule has 1 saturated carbocycles. The highest BCUT2D eigenvalue weighted by Gasteiger charge is 2.48. The summed E-state index contributed by atoms with van der Waals surface area (Å²) in [6, 6.07) is 3.87. The monoisotopic (exact) mass is 485 g/mol. The quantitative estimate of drug-likeness (QED) is 0.477. The summed E-state index contributed by atoms with van der Waals surface area (Å²) in [6.07, 6.45) is 4.17. The minimum absolute atomic E-state index is 0.170. The molecule has 32 heavy (non-hydrogen) atoms. The average Bonchev–Trinajstić information content (AvgIpc) is 2.62. The van der Waals surface area contributed by atoms with E-state index in [4.69, 9.17) is 14.1 Å². The van der Waals surface area contributed by atoms with Crippen LogP contribution in [0, 0.1) is 29.6 Å². The first-order valence-corrected chi connectivity index (χ1v) is 13.2. The fraction of sp³-hybridized carbons (Fsp3) is 0.571. The van der Waals surface area contributed by atoms with E-state index in [0.29, 0.717) is 23.9 Å². The van der Waals surface area contributed by atoms with Crippen LogP contribution in [0.5, 0.6) is 11.5 Å². The molecule has 4 rings (SSSR count). The molecule has 2 aliphatic carbocycles. The summed E-state index contributed by atoms with van der Waals surface area (Å²) in [5.74, 6) is 0.783. The molecule has 6 atom stereocenters. The molecule has 2 N–H and O–H groups in total. The molecule has 0 amide bonds. The van der Waals surface area contributed by atoms with Crippen molar-refractivity contribution in [2.45, 2.75) is 39.5 Å². The van der Waals surface area contributed by atoms with Gasteiger partial charge in [-0.05, 0) is 61.1 Å². The largest absolute Gasteiger partial charge is 0.446 e. The van der Waals surface area contributed by atoms with Gasteiger partial charge >= 0.3 is 20.8 Å². The van der Waals surface area contributed by atoms with Crippen molar-refractivity contribution in [3.05, 3.63) is 35.4 Å². The van der Waals surface area contributed by atoms with Crippen LogP contribution in [0.25, 0.3) is 0 Å². The first-order valence-electron chi connectivity index (χ1n) is 10.5. The number of nitrogens with zero attached hydrogens (tertiary/aromatic N) is 1. The summed E-state index contributed by atoms with van der Waals surface area (Å²) in [5.41, 5.74) is 3.00. The van der Waals surface area contributed by atoms with Gasteiger partial charge in [0.15, 0.2) is 0 Å². The molecule has 1 aliphatic heterocycles. The third kappa shape index (κ3) is 4.85. The summed E-state index contributed by atoms with van der Waals surface area (Å²) < 4.78 is 72.5. The zero-order valence-electron chi connectivity index (χ0n) is 18.0. The Morgan fingerprint density at radius 1 is 1.00 bits per heavy atom. The average molecular weight is 486 g/mol. The number of aliphatic imine (C=N–C) groups is 1. The maximum Gasteiger partial charge on any atom is 0.446 e. The first-order chi connectivity index (χ1) is 14.8. The first kappa shape index (κ1) is 23.2. The van der Waals surface area contributed by atoms with Crippen LogP contribution in [0.1, 0.15) is 45.1 Å². The molecule has 1 aromatic carbocycles. The highest BCUT2D eigenvalue weighted by molar-refractivity contribution is 7.81. The van der Waals surface area contributed by atoms with Gasteiger partial charge in [0, 0.05) is 30.2 Å². The van der Waals surface area contributed by atoms with Crippen molar-refractivity contribution in [3.8, 4) is 11.5 Å². The zero-order valence-corrected chi connectivity index (χ0v) is 19.6. The molecule has 176 valence electrons. The molecule has 1 heterocycles. The number of benzene rings is 1. The van der Waals surface area contributed by atoms with Crippen molar-refractivity contribution >= 4 is 26.5 Å². The second kappa shape index (κ2) is 8.12. The topological polar surface area (TPSA) is 140 Å². The molecule has 0 radical (unpaired) electrons. The maximum atomic E-state index is 11.3. The van der Waals surface area contributed by atoms with E-state index in [1.54, 1.807) is 0 Å². The summed E-state index contributed by atoms with van der Waals surface area (Å²) in [4.78, 5) is 4.88. The third-order valence-corrected chi connectivity index (χ3v) is 7.62. The molecular weight excluding hydrogens is 458 g/mol. The van der Waals surface area contributed by atoms with Gasteiger partial charge in [-0.1, -0.05) is 25.5 Å². The fourth-order valence-electron chi connectivity index (χ4n) is 5.79. The number of hydrogen-bond donors (Lipinski definition) is 2. The molecule has 11 heteroatoms. The summed E-state index contributed by atoms with van der Waals surface area (Å²) in [6.45, 7) is 7.14. The van der Waals surface area contributed by atoms with Crippen molar-refractivity contribution in [1.82, 2.24) is 0 Å². The van der Waals surface area contributed by atoms with Gasteiger partial charge in [0.2, 0.25) is 0 Å². The Hall–Kier alpha value is -1.95. The van der Waals surface area contributed by atoms with Gasteiger partial charge in [-0.3, -0.25) is 14.1 Å². The van der Waals surface area contributed by atoms with Crippen molar-refractivity contribution in [2.24, 2.45) is 34.6 Å². The maximum absolute atomic E-state index is 11.3. The smallest absolute Gasteiger partial charge is 0.362 e. The predicted molar refractivity (Wildman–Crippen MR) is 118 cm³/mol. The molecule has 1 fully saturated rings. The zero-order chi connectivity index (χ0) is 23.4. The van der Waals surface area contributed by atoms with Crippen molar-refractivity contribution in [3.63, 3.8) is 0 Å². The van der Waals surface area contributed by atoms with Crippen LogP contribution in [0.2, 0.25) is 0 Å². The van der Waals surface area contributed by atoms with Gasteiger partial charge in [-0.2, -0.15) is 16.8 Å². The van der Waals surface area contributed by atoms with Gasteiger partial charge < -0.3 is 8.37 Å². The number of allylic oxidation sites excluding steroid dienone is 2. The van der Waals surface area contributed by atoms with Crippen LogP contribution in [-0.2, 0) is 20.8 Å². The molecule has 0 saturated heterocycles. The SMILES string of the molecule is CC1=C[C@H](c2cc(OS(=O)(=O)O)cc(OS(=O)(=O)O)c2)[C@H]2[C@H]3C(=NC[C@@H]2C)C[C@H](C)C[C@H]13. The lowest BCUT2D eigenvalue weighted by Crippen LogP contribution is -2.48. The van der Waals surface area contributed by atoms with E-state index in [-0.39, 0.29) is 35.2 Å². The Bertz CT molecular complexity index is 1140. The van der Waals surface area contributed by atoms with Crippen LogP contribution in [-0.4, -0.2) is 38.2 Å². The fourth-order valence-corrected chi connectivity index (χ4v) is 6.47. The highest BCUT2D eigenvalue weighted by Crippen LogP contribution is 2.54. The van der Waals surface area contributed by atoms with Crippen molar-refractivity contribution in [2.75, 3.05) is 6.54 Å². The van der Waals surface area contributed by atoms with E-state index in [2.05, 4.69) is 35.2 Å². The molecule has 9 nitrogen and oxygen atoms in total. The van der Waals surface area contributed by atoms with Crippen LogP contribution in [0.15, 0.2) is 34.8 Å². The van der Waals surface area contributed by atoms with E-state index >= 15 is 0 Å². The van der Waals surface area contributed by atoms with Crippen LogP contribution in [0.4, 0.5) is 0 Å². The minimum atomic E-state index is -4.85. The summed E-state index contributed by atoms with van der Waals surface area (Å²) >= 11 is 0.